The van der Waals surface area contributed by atoms with Crippen molar-refractivity contribution < 1.29 is 0 Å². The van der Waals surface area contributed by atoms with Crippen LogP contribution in [-0.4, -0.2) is 22.6 Å². The predicted molar refractivity (Wildman–Crippen MR) is 57.1 cm³/mol. The topological polar surface area (TPSA) is 40.7 Å². The van der Waals surface area contributed by atoms with Gasteiger partial charge in [0.25, 0.3) is 0 Å². The van der Waals surface area contributed by atoms with Gasteiger partial charge in [0.1, 0.15) is 5.82 Å². The third-order valence-corrected chi connectivity index (χ3v) is 2.95. The van der Waals surface area contributed by atoms with E-state index in [1.807, 2.05) is 12.4 Å². The van der Waals surface area contributed by atoms with Gasteiger partial charge in [-0.2, -0.15) is 0 Å². The number of nitrogens with one attached hydrogen (secondary N) is 2. The Hall–Kier alpha value is -0.830. The van der Waals surface area contributed by atoms with Crippen molar-refractivity contribution in [2.75, 3.05) is 6.54 Å². The Labute approximate surface area is 85.3 Å². The van der Waals surface area contributed by atoms with Crippen molar-refractivity contribution >= 4 is 0 Å². The fourth-order valence-electron chi connectivity index (χ4n) is 2.07. The lowest BCUT2D eigenvalue weighted by Gasteiger charge is -2.33. The van der Waals surface area contributed by atoms with Crippen LogP contribution in [0.4, 0.5) is 0 Å². The van der Waals surface area contributed by atoms with Gasteiger partial charge in [0.2, 0.25) is 0 Å². The molecule has 1 aliphatic carbocycles. The number of H-pyrrole nitrogens is 1. The molecule has 1 heterocycles. The molecule has 0 unspecified atom stereocenters. The zero-order valence-electron chi connectivity index (χ0n) is 8.79. The number of imidazole rings is 1. The van der Waals surface area contributed by atoms with Crippen molar-refractivity contribution in [1.82, 2.24) is 15.3 Å². The van der Waals surface area contributed by atoms with E-state index in [2.05, 4.69) is 22.2 Å². The number of aromatic amines is 1. The van der Waals surface area contributed by atoms with Crippen LogP contribution in [0.3, 0.4) is 0 Å². The first kappa shape index (κ1) is 9.71. The van der Waals surface area contributed by atoms with Crippen LogP contribution in [0, 0.1) is 5.92 Å². The molecule has 0 radical (unpaired) electrons. The Bertz CT molecular complexity index is 250. The van der Waals surface area contributed by atoms with Crippen molar-refractivity contribution in [2.24, 2.45) is 5.92 Å². The second kappa shape index (κ2) is 4.60. The average molecular weight is 193 g/mol. The van der Waals surface area contributed by atoms with Gasteiger partial charge < -0.3 is 10.3 Å². The van der Waals surface area contributed by atoms with Gasteiger partial charge >= 0.3 is 0 Å². The highest BCUT2D eigenvalue weighted by atomic mass is 14.9. The molecule has 1 saturated carbocycles. The SMILES string of the molecule is CC1CC(NCCCc2ncc[nH]2)C1. The molecule has 0 amide bonds. The molecule has 2 rings (SSSR count). The van der Waals surface area contributed by atoms with E-state index >= 15 is 0 Å². The standard InChI is InChI=1S/C11H19N3/c1-9-7-10(8-9)12-4-2-3-11-13-5-6-14-11/h5-6,9-10,12H,2-4,7-8H2,1H3,(H,13,14). The van der Waals surface area contributed by atoms with E-state index in [1.54, 1.807) is 0 Å². The number of aromatic nitrogens is 2. The van der Waals surface area contributed by atoms with Crippen molar-refractivity contribution in [3.63, 3.8) is 0 Å². The maximum atomic E-state index is 4.20. The highest BCUT2D eigenvalue weighted by Crippen LogP contribution is 2.25. The molecule has 1 fully saturated rings. The summed E-state index contributed by atoms with van der Waals surface area (Å²) in [5.41, 5.74) is 0. The monoisotopic (exact) mass is 193 g/mol. The van der Waals surface area contributed by atoms with Gasteiger partial charge in [-0.25, -0.2) is 4.98 Å². The summed E-state index contributed by atoms with van der Waals surface area (Å²) < 4.78 is 0. The normalized spacial score (nSPS) is 26.1. The lowest BCUT2D eigenvalue weighted by atomic mass is 9.82. The van der Waals surface area contributed by atoms with Gasteiger partial charge in [0.05, 0.1) is 0 Å². The molecule has 0 aromatic carbocycles. The fourth-order valence-corrected chi connectivity index (χ4v) is 2.07. The minimum Gasteiger partial charge on any atom is -0.349 e. The smallest absolute Gasteiger partial charge is 0.106 e. The lowest BCUT2D eigenvalue weighted by molar-refractivity contribution is 0.241. The van der Waals surface area contributed by atoms with Crippen LogP contribution in [-0.2, 0) is 6.42 Å². The summed E-state index contributed by atoms with van der Waals surface area (Å²) in [4.78, 5) is 7.32. The Morgan fingerprint density at radius 2 is 2.43 bits per heavy atom. The van der Waals surface area contributed by atoms with Gasteiger partial charge in [-0.3, -0.25) is 0 Å². The number of rotatable bonds is 5. The first-order chi connectivity index (χ1) is 6.84. The maximum Gasteiger partial charge on any atom is 0.106 e. The summed E-state index contributed by atoms with van der Waals surface area (Å²) >= 11 is 0. The summed E-state index contributed by atoms with van der Waals surface area (Å²) in [6.45, 7) is 3.44. The average Bonchev–Trinajstić information content (AvgIpc) is 2.61. The van der Waals surface area contributed by atoms with Crippen LogP contribution in [0.5, 0.6) is 0 Å². The fraction of sp³-hybridized carbons (Fsp3) is 0.727. The van der Waals surface area contributed by atoms with Crippen molar-refractivity contribution in [3.8, 4) is 0 Å². The molecule has 78 valence electrons. The van der Waals surface area contributed by atoms with Crippen LogP contribution < -0.4 is 5.32 Å². The molecule has 0 aliphatic heterocycles. The van der Waals surface area contributed by atoms with E-state index < -0.39 is 0 Å². The summed E-state index contributed by atoms with van der Waals surface area (Å²) in [6, 6.07) is 0.793. The van der Waals surface area contributed by atoms with Crippen molar-refractivity contribution in [2.45, 2.75) is 38.6 Å². The quantitative estimate of drug-likeness (QED) is 0.699. The molecule has 2 N–H and O–H groups in total. The number of hydrogen-bond acceptors (Lipinski definition) is 2. The van der Waals surface area contributed by atoms with E-state index in [4.69, 9.17) is 0 Å². The first-order valence-electron chi connectivity index (χ1n) is 5.56. The minimum absolute atomic E-state index is 0.793. The Balaban J connectivity index is 1.52. The summed E-state index contributed by atoms with van der Waals surface area (Å²) in [6.07, 6.45) is 8.66. The van der Waals surface area contributed by atoms with Gasteiger partial charge in [0.15, 0.2) is 0 Å². The largest absolute Gasteiger partial charge is 0.349 e. The zero-order valence-corrected chi connectivity index (χ0v) is 8.79. The minimum atomic E-state index is 0.793. The van der Waals surface area contributed by atoms with Gasteiger partial charge in [-0.05, 0) is 31.7 Å². The van der Waals surface area contributed by atoms with Crippen molar-refractivity contribution in [1.29, 1.82) is 0 Å². The number of hydrogen-bond donors (Lipinski definition) is 2. The Kier molecular flexibility index (Phi) is 3.19. The van der Waals surface area contributed by atoms with Crippen LogP contribution in [0.2, 0.25) is 0 Å². The predicted octanol–water partition coefficient (Wildman–Crippen LogP) is 1.73. The summed E-state index contributed by atoms with van der Waals surface area (Å²) in [7, 11) is 0. The molecule has 0 bridgehead atoms. The molecule has 1 aromatic rings. The summed E-state index contributed by atoms with van der Waals surface area (Å²) in [5, 5.41) is 3.57. The van der Waals surface area contributed by atoms with Crippen LogP contribution in [0.15, 0.2) is 12.4 Å². The third kappa shape index (κ3) is 2.58. The molecule has 1 aliphatic rings. The second-order valence-electron chi connectivity index (χ2n) is 4.37. The highest BCUT2D eigenvalue weighted by molar-refractivity contribution is 4.87. The van der Waals surface area contributed by atoms with E-state index in [1.165, 1.54) is 19.3 Å². The summed E-state index contributed by atoms with van der Waals surface area (Å²) in [5.74, 6) is 2.05. The van der Waals surface area contributed by atoms with Crippen LogP contribution >= 0.6 is 0 Å². The molecule has 0 atom stereocenters. The lowest BCUT2D eigenvalue weighted by Crippen LogP contribution is -2.40. The Morgan fingerprint density at radius 1 is 1.57 bits per heavy atom. The van der Waals surface area contributed by atoms with E-state index in [9.17, 15) is 0 Å². The van der Waals surface area contributed by atoms with Crippen molar-refractivity contribution in [3.05, 3.63) is 18.2 Å². The molecule has 14 heavy (non-hydrogen) atoms. The van der Waals surface area contributed by atoms with Crippen LogP contribution in [0.1, 0.15) is 32.0 Å². The van der Waals surface area contributed by atoms with E-state index in [-0.39, 0.29) is 0 Å². The molecule has 3 nitrogen and oxygen atoms in total. The zero-order chi connectivity index (χ0) is 9.80. The number of nitrogens with zero attached hydrogens (tertiary/aromatic N) is 1. The first-order valence-corrected chi connectivity index (χ1v) is 5.56. The van der Waals surface area contributed by atoms with E-state index in [0.717, 1.165) is 30.7 Å². The number of aryl methyl sites for hydroxylation is 1. The molecular formula is C11H19N3. The van der Waals surface area contributed by atoms with Gasteiger partial charge in [0, 0.05) is 24.9 Å². The maximum absolute atomic E-state index is 4.20. The van der Waals surface area contributed by atoms with Gasteiger partial charge in [-0.15, -0.1) is 0 Å². The Morgan fingerprint density at radius 3 is 3.07 bits per heavy atom. The highest BCUT2D eigenvalue weighted by Gasteiger charge is 2.23. The van der Waals surface area contributed by atoms with Gasteiger partial charge in [-0.1, -0.05) is 6.92 Å². The molecule has 1 aromatic heterocycles. The third-order valence-electron chi connectivity index (χ3n) is 2.95. The molecule has 0 spiro atoms. The molecule has 0 saturated heterocycles. The second-order valence-corrected chi connectivity index (χ2v) is 4.37. The molecular weight excluding hydrogens is 174 g/mol. The van der Waals surface area contributed by atoms with Crippen LogP contribution in [0.25, 0.3) is 0 Å². The molecule has 3 heteroatoms. The van der Waals surface area contributed by atoms with E-state index in [0.29, 0.717) is 0 Å².